The minimum atomic E-state index is -0.234. The van der Waals surface area contributed by atoms with Crippen LogP contribution in [0.4, 0.5) is 22.0 Å². The third kappa shape index (κ3) is 3.45. The molecule has 7 heteroatoms. The van der Waals surface area contributed by atoms with E-state index in [1.807, 2.05) is 29.2 Å². The first kappa shape index (κ1) is 19.9. The Hall–Kier alpha value is -3.71. The van der Waals surface area contributed by atoms with Gasteiger partial charge in [0.1, 0.15) is 0 Å². The fraction of sp³-hybridized carbons (Fsp3) is 0.269. The Morgan fingerprint density at radius 2 is 1.76 bits per heavy atom. The molecule has 0 saturated carbocycles. The normalized spacial score (nSPS) is 18.8. The van der Waals surface area contributed by atoms with Crippen LogP contribution in [0.15, 0.2) is 72.9 Å². The topological polar surface area (TPSA) is 68.8 Å². The molecule has 0 unspecified atom stereocenters. The molecule has 7 nitrogen and oxygen atoms in total. The fourth-order valence-corrected chi connectivity index (χ4v) is 5.33. The molecule has 3 amide bonds. The number of rotatable bonds is 2. The molecule has 2 fully saturated rings. The zero-order valence-corrected chi connectivity index (χ0v) is 18.3. The maximum atomic E-state index is 13.7. The molecule has 1 N–H and O–H groups in total. The first-order valence-corrected chi connectivity index (χ1v) is 11.3. The zero-order valence-electron chi connectivity index (χ0n) is 18.3. The van der Waals surface area contributed by atoms with E-state index in [2.05, 4.69) is 39.5 Å². The van der Waals surface area contributed by atoms with Crippen molar-refractivity contribution >= 4 is 29.1 Å². The lowest BCUT2D eigenvalue weighted by atomic mass is 9.79. The lowest BCUT2D eigenvalue weighted by Gasteiger charge is -2.49. The van der Waals surface area contributed by atoms with Crippen LogP contribution in [0.25, 0.3) is 0 Å². The van der Waals surface area contributed by atoms with Gasteiger partial charge in [0.25, 0.3) is 5.91 Å². The highest BCUT2D eigenvalue weighted by Crippen LogP contribution is 2.43. The summed E-state index contributed by atoms with van der Waals surface area (Å²) in [6.07, 6.45) is 2.74. The van der Waals surface area contributed by atoms with Gasteiger partial charge in [-0.2, -0.15) is 0 Å². The van der Waals surface area contributed by atoms with Gasteiger partial charge in [-0.1, -0.05) is 42.5 Å². The van der Waals surface area contributed by atoms with Crippen LogP contribution in [-0.2, 0) is 6.54 Å². The standard InChI is InChI=1S/C26H25N5O2/c32-24-20-9-4-5-11-22(20)31(23-21(28-24)10-6-13-27-23)25(33)30-17-26(18-30)12-14-29(16-26)15-19-7-2-1-3-8-19/h1-11,13H,12,14-18H2,(H,28,32). The van der Waals surface area contributed by atoms with Crippen LogP contribution in [0.5, 0.6) is 0 Å². The van der Waals surface area contributed by atoms with Gasteiger partial charge in [0, 0.05) is 37.8 Å². The van der Waals surface area contributed by atoms with Crippen molar-refractivity contribution < 1.29 is 9.59 Å². The number of pyridine rings is 1. The summed E-state index contributed by atoms with van der Waals surface area (Å²) >= 11 is 0. The smallest absolute Gasteiger partial charge is 0.323 e. The maximum absolute atomic E-state index is 13.7. The minimum absolute atomic E-state index is 0.133. The van der Waals surface area contributed by atoms with Gasteiger partial charge in [-0.25, -0.2) is 14.7 Å². The fourth-order valence-electron chi connectivity index (χ4n) is 5.33. The molecule has 4 heterocycles. The highest BCUT2D eigenvalue weighted by atomic mass is 16.2. The van der Waals surface area contributed by atoms with Crippen molar-refractivity contribution in [2.45, 2.75) is 13.0 Å². The summed E-state index contributed by atoms with van der Waals surface area (Å²) in [5.74, 6) is 0.224. The van der Waals surface area contributed by atoms with Gasteiger partial charge >= 0.3 is 6.03 Å². The van der Waals surface area contributed by atoms with E-state index in [0.29, 0.717) is 22.8 Å². The summed E-state index contributed by atoms with van der Waals surface area (Å²) < 4.78 is 0. The number of carbonyl (C=O) groups excluding carboxylic acids is 2. The van der Waals surface area contributed by atoms with Crippen LogP contribution in [0.2, 0.25) is 0 Å². The Morgan fingerprint density at radius 1 is 0.970 bits per heavy atom. The van der Waals surface area contributed by atoms with Gasteiger partial charge in [0.2, 0.25) is 0 Å². The molecule has 6 rings (SSSR count). The van der Waals surface area contributed by atoms with E-state index in [1.54, 1.807) is 29.3 Å². The van der Waals surface area contributed by atoms with Crippen LogP contribution >= 0.6 is 0 Å². The third-order valence-corrected chi connectivity index (χ3v) is 6.92. The average Bonchev–Trinajstić information content (AvgIpc) is 3.19. The molecule has 3 aliphatic heterocycles. The number of carbonyl (C=O) groups is 2. The predicted octanol–water partition coefficient (Wildman–Crippen LogP) is 4.11. The molecule has 1 aromatic heterocycles. The van der Waals surface area contributed by atoms with Gasteiger partial charge in [0.15, 0.2) is 5.82 Å². The van der Waals surface area contributed by atoms with E-state index in [-0.39, 0.29) is 17.4 Å². The van der Waals surface area contributed by atoms with Crippen LogP contribution in [0.3, 0.4) is 0 Å². The minimum Gasteiger partial charge on any atom is -0.323 e. The van der Waals surface area contributed by atoms with Crippen LogP contribution in [0, 0.1) is 5.41 Å². The number of fused-ring (bicyclic) bond motifs is 2. The summed E-state index contributed by atoms with van der Waals surface area (Å²) in [5.41, 5.74) is 3.04. The predicted molar refractivity (Wildman–Crippen MR) is 127 cm³/mol. The molecule has 0 aliphatic carbocycles. The third-order valence-electron chi connectivity index (χ3n) is 6.92. The molecule has 0 atom stereocenters. The SMILES string of the molecule is O=C1Nc2cccnc2N(C(=O)N2CC3(CCN(Cc4ccccc4)C3)C2)c2ccccc21. The molecule has 1 spiro atoms. The lowest BCUT2D eigenvalue weighted by Crippen LogP contribution is -2.61. The van der Waals surface area contributed by atoms with Gasteiger partial charge < -0.3 is 10.2 Å². The number of anilines is 3. The van der Waals surface area contributed by atoms with E-state index < -0.39 is 0 Å². The van der Waals surface area contributed by atoms with Crippen LogP contribution in [-0.4, -0.2) is 52.9 Å². The molecule has 3 aromatic rings. The Balaban J connectivity index is 1.22. The van der Waals surface area contributed by atoms with Crippen molar-refractivity contribution in [3.05, 3.63) is 84.1 Å². The van der Waals surface area contributed by atoms with Crippen LogP contribution in [0.1, 0.15) is 22.3 Å². The van der Waals surface area contributed by atoms with E-state index in [1.165, 1.54) is 5.56 Å². The Bertz CT molecular complexity index is 1220. The second kappa shape index (κ2) is 7.71. The monoisotopic (exact) mass is 439 g/mol. The highest BCUT2D eigenvalue weighted by molar-refractivity contribution is 6.16. The van der Waals surface area contributed by atoms with Crippen molar-refractivity contribution in [1.29, 1.82) is 0 Å². The number of likely N-dealkylation sites (tertiary alicyclic amines) is 2. The average molecular weight is 440 g/mol. The molecular weight excluding hydrogens is 414 g/mol. The second-order valence-electron chi connectivity index (χ2n) is 9.27. The molecular formula is C26H25N5O2. The molecule has 3 aliphatic rings. The molecule has 166 valence electrons. The first-order chi connectivity index (χ1) is 16.1. The van der Waals surface area contributed by atoms with Crippen molar-refractivity contribution in [3.63, 3.8) is 0 Å². The first-order valence-electron chi connectivity index (χ1n) is 11.3. The maximum Gasteiger partial charge on any atom is 0.330 e. The number of hydrogen-bond acceptors (Lipinski definition) is 4. The van der Waals surface area contributed by atoms with Gasteiger partial charge in [-0.15, -0.1) is 0 Å². The van der Waals surface area contributed by atoms with Gasteiger partial charge in [-0.3, -0.25) is 9.69 Å². The highest BCUT2D eigenvalue weighted by Gasteiger charge is 2.50. The number of hydrogen-bond donors (Lipinski definition) is 1. The Kier molecular flexibility index (Phi) is 4.66. The van der Waals surface area contributed by atoms with E-state index in [9.17, 15) is 9.59 Å². The lowest BCUT2D eigenvalue weighted by molar-refractivity contribution is 0.0417. The van der Waals surface area contributed by atoms with Gasteiger partial charge in [0.05, 0.1) is 16.9 Å². The van der Waals surface area contributed by atoms with Crippen molar-refractivity contribution in [2.24, 2.45) is 5.41 Å². The number of benzene rings is 2. The summed E-state index contributed by atoms with van der Waals surface area (Å²) in [4.78, 5) is 36.9. The number of para-hydroxylation sites is 1. The second-order valence-corrected chi connectivity index (χ2v) is 9.27. The number of aromatic nitrogens is 1. The van der Waals surface area contributed by atoms with Crippen molar-refractivity contribution in [2.75, 3.05) is 36.4 Å². The van der Waals surface area contributed by atoms with Gasteiger partial charge in [-0.05, 0) is 42.8 Å². The number of amides is 3. The van der Waals surface area contributed by atoms with E-state index >= 15 is 0 Å². The zero-order chi connectivity index (χ0) is 22.4. The molecule has 2 aromatic carbocycles. The van der Waals surface area contributed by atoms with E-state index in [0.717, 1.165) is 39.1 Å². The molecule has 2 saturated heterocycles. The summed E-state index contributed by atoms with van der Waals surface area (Å²) in [6, 6.07) is 21.1. The number of nitrogens with one attached hydrogen (secondary N) is 1. The van der Waals surface area contributed by atoms with Crippen molar-refractivity contribution in [3.8, 4) is 0 Å². The quantitative estimate of drug-likeness (QED) is 0.652. The largest absolute Gasteiger partial charge is 0.330 e. The summed E-state index contributed by atoms with van der Waals surface area (Å²) in [7, 11) is 0. The summed E-state index contributed by atoms with van der Waals surface area (Å²) in [6.45, 7) is 4.43. The Labute approximate surface area is 192 Å². The van der Waals surface area contributed by atoms with Crippen molar-refractivity contribution in [1.82, 2.24) is 14.8 Å². The summed E-state index contributed by atoms with van der Waals surface area (Å²) in [5, 5.41) is 2.90. The molecule has 0 bridgehead atoms. The van der Waals surface area contributed by atoms with E-state index in [4.69, 9.17) is 0 Å². The molecule has 0 radical (unpaired) electrons. The Morgan fingerprint density at radius 3 is 2.61 bits per heavy atom. The molecule has 33 heavy (non-hydrogen) atoms. The van der Waals surface area contributed by atoms with Crippen LogP contribution < -0.4 is 10.2 Å². The number of urea groups is 1. The number of nitrogens with zero attached hydrogens (tertiary/aromatic N) is 4.